The average Bonchev–Trinajstić information content (AvgIpc) is 2.47. The van der Waals surface area contributed by atoms with E-state index in [0.29, 0.717) is 0 Å². The average molecular weight is 239 g/mol. The SMILES string of the molecule is O=S(=O)(F)c1nnc(SOOF)[n-]1.[Li+]. The van der Waals surface area contributed by atoms with E-state index in [0.717, 1.165) is 0 Å². The fraction of sp³-hybridized carbons (Fsp3) is 0. The molecule has 0 saturated heterocycles. The van der Waals surface area contributed by atoms with Gasteiger partial charge in [0.1, 0.15) is 5.16 Å². The van der Waals surface area contributed by atoms with Crippen LogP contribution in [0.4, 0.5) is 8.41 Å². The van der Waals surface area contributed by atoms with Crippen molar-refractivity contribution in [3.05, 3.63) is 0 Å². The molecule has 0 aliphatic rings. The molecular formula is C2F2LiN3O4S2. The number of halogens is 2. The maximum Gasteiger partial charge on any atom is 1.00 e. The van der Waals surface area contributed by atoms with Gasteiger partial charge in [-0.15, -0.1) is 4.33 Å². The molecule has 0 aliphatic heterocycles. The summed E-state index contributed by atoms with van der Waals surface area (Å²) in [4.78, 5) is 3.03. The summed E-state index contributed by atoms with van der Waals surface area (Å²) in [6.45, 7) is 0. The van der Waals surface area contributed by atoms with Crippen molar-refractivity contribution in [2.45, 2.75) is 10.3 Å². The predicted molar refractivity (Wildman–Crippen MR) is 32.8 cm³/mol. The molecule has 7 nitrogen and oxygen atoms in total. The van der Waals surface area contributed by atoms with Gasteiger partial charge in [-0.2, -0.15) is 8.42 Å². The van der Waals surface area contributed by atoms with E-state index in [4.69, 9.17) is 0 Å². The summed E-state index contributed by atoms with van der Waals surface area (Å²) in [7, 11) is -5.00. The summed E-state index contributed by atoms with van der Waals surface area (Å²) >= 11 is 0.144. The minimum atomic E-state index is -5.00. The van der Waals surface area contributed by atoms with Crippen LogP contribution in [0.15, 0.2) is 10.3 Å². The maximum atomic E-state index is 12.1. The molecule has 1 heterocycles. The van der Waals surface area contributed by atoms with Crippen molar-refractivity contribution in [3.8, 4) is 0 Å². The van der Waals surface area contributed by atoms with Gasteiger partial charge in [-0.3, -0.25) is 0 Å². The topological polar surface area (TPSA) is 92.5 Å². The maximum absolute atomic E-state index is 12.1. The number of hydrogen-bond donors (Lipinski definition) is 0. The van der Waals surface area contributed by atoms with E-state index in [9.17, 15) is 16.8 Å². The summed E-state index contributed by atoms with van der Waals surface area (Å²) in [6, 6.07) is 0. The first-order chi connectivity index (χ1) is 6.04. The number of nitrogens with zero attached hydrogens (tertiary/aromatic N) is 3. The molecule has 0 aliphatic carbocycles. The van der Waals surface area contributed by atoms with Gasteiger partial charge in [-0.05, 0) is 9.62 Å². The second-order valence-electron chi connectivity index (χ2n) is 1.53. The van der Waals surface area contributed by atoms with Gasteiger partial charge in [0.15, 0.2) is 0 Å². The molecule has 0 radical (unpaired) electrons. The molecule has 1 rings (SSSR count). The number of aromatic nitrogens is 3. The Morgan fingerprint density at radius 2 is 2.07 bits per heavy atom. The van der Waals surface area contributed by atoms with Gasteiger partial charge in [0, 0.05) is 0 Å². The van der Waals surface area contributed by atoms with E-state index in [1.807, 2.05) is 0 Å². The monoisotopic (exact) mass is 239 g/mol. The molecule has 74 valence electrons. The Bertz CT molecular complexity index is 382. The fourth-order valence-electron chi connectivity index (χ4n) is 0.394. The van der Waals surface area contributed by atoms with Crippen LogP contribution in [0, 0.1) is 0 Å². The molecule has 0 atom stereocenters. The smallest absolute Gasteiger partial charge is 0.339 e. The summed E-state index contributed by atoms with van der Waals surface area (Å²) in [5, 5.41) is 7.01. The third-order valence-corrected chi connectivity index (χ3v) is 1.82. The van der Waals surface area contributed by atoms with E-state index < -0.39 is 20.5 Å². The van der Waals surface area contributed by atoms with E-state index in [2.05, 4.69) is 24.6 Å². The Hall–Kier alpha value is -0.183. The zero-order chi connectivity index (χ0) is 9.90. The van der Waals surface area contributed by atoms with Crippen molar-refractivity contribution in [2.24, 2.45) is 0 Å². The second kappa shape index (κ2) is 5.64. The zero-order valence-electron chi connectivity index (χ0n) is 6.55. The van der Waals surface area contributed by atoms with Gasteiger partial charge < -0.3 is 15.2 Å². The van der Waals surface area contributed by atoms with Crippen molar-refractivity contribution < 1.29 is 45.1 Å². The zero-order valence-corrected chi connectivity index (χ0v) is 8.18. The summed E-state index contributed by atoms with van der Waals surface area (Å²) in [5.74, 6) is 0. The third kappa shape index (κ3) is 3.91. The molecule has 0 amide bonds. The first kappa shape index (κ1) is 13.8. The van der Waals surface area contributed by atoms with Crippen LogP contribution in [-0.2, 0) is 19.6 Å². The first-order valence-electron chi connectivity index (χ1n) is 2.48. The Labute approximate surface area is 93.0 Å². The summed E-state index contributed by atoms with van der Waals surface area (Å²) < 4.78 is 46.9. The Morgan fingerprint density at radius 1 is 1.43 bits per heavy atom. The van der Waals surface area contributed by atoms with E-state index in [1.54, 1.807) is 0 Å². The molecule has 14 heavy (non-hydrogen) atoms. The first-order valence-corrected chi connectivity index (χ1v) is 4.60. The molecular weight excluding hydrogens is 239 g/mol. The van der Waals surface area contributed by atoms with Crippen LogP contribution in [0.2, 0.25) is 0 Å². The van der Waals surface area contributed by atoms with Gasteiger partial charge in [0.25, 0.3) is 0 Å². The molecule has 1 aromatic heterocycles. The van der Waals surface area contributed by atoms with Gasteiger partial charge in [-0.1, -0.05) is 3.89 Å². The quantitative estimate of drug-likeness (QED) is 0.180. The van der Waals surface area contributed by atoms with Crippen LogP contribution in [0.25, 0.3) is 0 Å². The van der Waals surface area contributed by atoms with E-state index in [-0.39, 0.29) is 30.9 Å². The van der Waals surface area contributed by atoms with Crippen molar-refractivity contribution in [2.75, 3.05) is 0 Å². The molecule has 1 aromatic rings. The Kier molecular flexibility index (Phi) is 5.56. The van der Waals surface area contributed by atoms with Gasteiger partial charge >= 0.3 is 29.1 Å². The Morgan fingerprint density at radius 3 is 2.50 bits per heavy atom. The van der Waals surface area contributed by atoms with E-state index >= 15 is 0 Å². The van der Waals surface area contributed by atoms with Crippen LogP contribution in [0.3, 0.4) is 0 Å². The summed E-state index contributed by atoms with van der Waals surface area (Å²) in [6.07, 6.45) is 0. The van der Waals surface area contributed by atoms with Crippen molar-refractivity contribution in [1.29, 1.82) is 0 Å². The molecule has 0 N–H and O–H groups in total. The van der Waals surface area contributed by atoms with Crippen molar-refractivity contribution in [3.63, 3.8) is 0 Å². The van der Waals surface area contributed by atoms with Crippen LogP contribution < -0.4 is 23.8 Å². The molecule has 12 heteroatoms. The molecule has 0 bridgehead atoms. The van der Waals surface area contributed by atoms with Crippen molar-refractivity contribution >= 4 is 22.3 Å². The van der Waals surface area contributed by atoms with Crippen LogP contribution >= 0.6 is 12.0 Å². The van der Waals surface area contributed by atoms with Crippen LogP contribution in [0.5, 0.6) is 0 Å². The van der Waals surface area contributed by atoms with Gasteiger partial charge in [0.05, 0.1) is 17.2 Å². The van der Waals surface area contributed by atoms with Crippen LogP contribution in [0.1, 0.15) is 0 Å². The predicted octanol–water partition coefficient (Wildman–Crippen LogP) is -3.06. The minimum Gasteiger partial charge on any atom is -0.339 e. The normalized spacial score (nSPS) is 11.0. The van der Waals surface area contributed by atoms with E-state index in [1.165, 1.54) is 0 Å². The molecule has 0 fully saturated rings. The largest absolute Gasteiger partial charge is 1.00 e. The molecule has 0 aromatic carbocycles. The number of hydrogen-bond acceptors (Lipinski definition) is 7. The fourth-order valence-corrected chi connectivity index (χ4v) is 1.07. The summed E-state index contributed by atoms with van der Waals surface area (Å²) in [5.41, 5.74) is 0. The Balaban J connectivity index is 0.00000169. The molecule has 0 saturated carbocycles. The molecule has 0 spiro atoms. The number of rotatable bonds is 4. The third-order valence-electron chi connectivity index (χ3n) is 0.765. The second-order valence-corrected chi connectivity index (χ2v) is 3.44. The van der Waals surface area contributed by atoms with Crippen molar-refractivity contribution in [1.82, 2.24) is 15.2 Å². The van der Waals surface area contributed by atoms with Gasteiger partial charge in [0.2, 0.25) is 0 Å². The van der Waals surface area contributed by atoms with Gasteiger partial charge in [-0.25, -0.2) is 0 Å². The van der Waals surface area contributed by atoms with Crippen LogP contribution in [-0.4, -0.2) is 18.6 Å². The molecule has 0 unspecified atom stereocenters. The standard InChI is InChI=1S/C2F2N3O4S2.Li/c3-10-11-12-1-5-2(7-6-1)13(4,8)9;/q-1;+1. The minimum absolute atomic E-state index is 0.